The lowest BCUT2D eigenvalue weighted by atomic mass is 9.67. The quantitative estimate of drug-likeness (QED) is 0.0845. The molecule has 0 saturated heterocycles. The summed E-state index contributed by atoms with van der Waals surface area (Å²) in [4.78, 5) is 4.76. The van der Waals surface area contributed by atoms with Crippen molar-refractivity contribution in [3.8, 4) is 111 Å². The van der Waals surface area contributed by atoms with Gasteiger partial charge in [-0.15, -0.1) is 0 Å². The summed E-state index contributed by atoms with van der Waals surface area (Å²) in [6, 6.07) is 179. The largest absolute Gasteiger partial charge is 0.311 e. The highest BCUT2D eigenvalue weighted by atomic mass is 15.1. The van der Waals surface area contributed by atoms with Crippen molar-refractivity contribution in [3.05, 3.63) is 530 Å². The molecule has 2 heteroatoms. The first-order valence-corrected chi connectivity index (χ1v) is 40.9. The summed E-state index contributed by atoms with van der Waals surface area (Å²) in [7, 11) is 0. The molecule has 0 fully saturated rings. The van der Waals surface area contributed by atoms with E-state index in [2.05, 4.69) is 495 Å². The van der Waals surface area contributed by atoms with E-state index in [0.717, 1.165) is 67.5 Å². The molecule has 19 aromatic rings. The standard InChI is InChI=1S/C116H80N2/c1-8-31-81(32-9-1)82-57-68-96(69-58-82)118(99-70-59-85(60-71-99)102-48-23-22-47-101(102)83-33-10-2-11-34-83)100-74-63-87(64-75-100)105-52-30-56-112-114(105)107-50-25-27-54-110(107)116(112,93-42-18-6-19-43-93)94-44-28-37-89(79-94)90-67-78-103(84-35-12-3-13-36-84)108(80-90)88-65-76-98(77-66-88)117(95-45-20-7-21-46-95)97-72-61-86(62-73-97)104-51-29-55-111-113(104)106-49-24-26-53-109(106)115(111,91-38-14-4-15-39-91)92-40-16-5-17-41-92/h1-80H. The third-order valence-corrected chi connectivity index (χ3v) is 24.5. The lowest BCUT2D eigenvalue weighted by Crippen LogP contribution is -2.28. The summed E-state index contributed by atoms with van der Waals surface area (Å²) in [5, 5.41) is 0. The van der Waals surface area contributed by atoms with Gasteiger partial charge in [0.25, 0.3) is 0 Å². The average molecular weight is 1500 g/mol. The van der Waals surface area contributed by atoms with Crippen LogP contribution in [-0.2, 0) is 10.8 Å². The highest BCUT2D eigenvalue weighted by Gasteiger charge is 2.49. The van der Waals surface area contributed by atoms with Crippen LogP contribution in [0.3, 0.4) is 0 Å². The molecular formula is C116H80N2. The van der Waals surface area contributed by atoms with E-state index >= 15 is 0 Å². The molecule has 0 aromatic heterocycles. The lowest BCUT2D eigenvalue weighted by molar-refractivity contribution is 0.768. The predicted octanol–water partition coefficient (Wildman–Crippen LogP) is 30.7. The van der Waals surface area contributed by atoms with E-state index in [1.54, 1.807) is 0 Å². The number of hydrogen-bond acceptors (Lipinski definition) is 2. The fraction of sp³-hybridized carbons (Fsp3) is 0.0172. The molecule has 554 valence electrons. The van der Waals surface area contributed by atoms with Crippen LogP contribution in [0, 0.1) is 0 Å². The molecule has 0 heterocycles. The van der Waals surface area contributed by atoms with E-state index in [4.69, 9.17) is 0 Å². The van der Waals surface area contributed by atoms with E-state index in [1.807, 2.05) is 0 Å². The van der Waals surface area contributed by atoms with Crippen molar-refractivity contribution in [1.82, 2.24) is 0 Å². The average Bonchev–Trinajstić information content (AvgIpc) is 1.53. The van der Waals surface area contributed by atoms with Gasteiger partial charge in [-0.1, -0.05) is 400 Å². The second-order valence-corrected chi connectivity index (χ2v) is 30.9. The van der Waals surface area contributed by atoms with Crippen molar-refractivity contribution < 1.29 is 0 Å². The molecule has 118 heavy (non-hydrogen) atoms. The van der Waals surface area contributed by atoms with E-state index in [0.29, 0.717) is 0 Å². The van der Waals surface area contributed by atoms with Crippen LogP contribution >= 0.6 is 0 Å². The maximum absolute atomic E-state index is 2.47. The number of benzene rings is 19. The van der Waals surface area contributed by atoms with Crippen LogP contribution in [0.2, 0.25) is 0 Å². The fourth-order valence-corrected chi connectivity index (χ4v) is 19.2. The summed E-state index contributed by atoms with van der Waals surface area (Å²) in [6.45, 7) is 0. The summed E-state index contributed by atoms with van der Waals surface area (Å²) < 4.78 is 0. The highest BCUT2D eigenvalue weighted by Crippen LogP contribution is 2.61. The zero-order valence-corrected chi connectivity index (χ0v) is 65.1. The maximum atomic E-state index is 2.47. The van der Waals surface area contributed by atoms with Gasteiger partial charge in [-0.25, -0.2) is 0 Å². The fourth-order valence-electron chi connectivity index (χ4n) is 19.2. The van der Waals surface area contributed by atoms with E-state index in [9.17, 15) is 0 Å². The molecule has 0 amide bonds. The Labute approximate surface area is 691 Å². The van der Waals surface area contributed by atoms with Crippen LogP contribution in [0.25, 0.3) is 111 Å². The highest BCUT2D eigenvalue weighted by molar-refractivity contribution is 5.99. The second-order valence-electron chi connectivity index (χ2n) is 30.9. The number of anilines is 6. The van der Waals surface area contributed by atoms with Crippen LogP contribution in [0.1, 0.15) is 44.5 Å². The third kappa shape index (κ3) is 12.2. The van der Waals surface area contributed by atoms with Gasteiger partial charge in [0.1, 0.15) is 0 Å². The van der Waals surface area contributed by atoms with Gasteiger partial charge in [0.15, 0.2) is 0 Å². The molecule has 21 rings (SSSR count). The van der Waals surface area contributed by atoms with E-state index < -0.39 is 10.8 Å². The van der Waals surface area contributed by atoms with Gasteiger partial charge in [-0.05, 0) is 241 Å². The molecule has 2 aliphatic rings. The molecule has 1 unspecified atom stereocenters. The number of para-hydroxylation sites is 1. The van der Waals surface area contributed by atoms with Crippen LogP contribution in [0.4, 0.5) is 34.1 Å². The molecule has 2 nitrogen and oxygen atoms in total. The minimum absolute atomic E-state index is 0.486. The first-order chi connectivity index (χ1) is 58.5. The van der Waals surface area contributed by atoms with Crippen molar-refractivity contribution in [2.24, 2.45) is 0 Å². The minimum atomic E-state index is -0.671. The van der Waals surface area contributed by atoms with Crippen molar-refractivity contribution in [3.63, 3.8) is 0 Å². The van der Waals surface area contributed by atoms with Gasteiger partial charge in [0, 0.05) is 34.1 Å². The summed E-state index contributed by atoms with van der Waals surface area (Å²) in [5.41, 5.74) is 39.1. The third-order valence-electron chi connectivity index (χ3n) is 24.5. The first kappa shape index (κ1) is 70.6. The molecule has 19 aromatic carbocycles. The monoisotopic (exact) mass is 1500 g/mol. The molecule has 0 N–H and O–H groups in total. The van der Waals surface area contributed by atoms with Crippen molar-refractivity contribution in [2.75, 3.05) is 9.80 Å². The SMILES string of the molecule is c1ccc(-c2ccc(N(c3ccc(-c4ccccc4-c4ccccc4)cc3)c3ccc(-c4cccc5c4-c4ccccc4C5(c4ccccc4)c4cccc(-c5ccc(-c6ccccc6)c(-c6ccc(N(c7ccccc7)c7ccc(-c8cccc9c8-c8ccccc8C9(c8ccccc8)c8ccccc8)cc7)cc6)c5)c4)cc3)cc2)cc1. The second kappa shape index (κ2) is 30.3. The van der Waals surface area contributed by atoms with Gasteiger partial charge in [-0.3, -0.25) is 0 Å². The molecular weight excluding hydrogens is 1420 g/mol. The van der Waals surface area contributed by atoms with Crippen molar-refractivity contribution in [1.29, 1.82) is 0 Å². The van der Waals surface area contributed by atoms with Crippen molar-refractivity contribution >= 4 is 34.1 Å². The van der Waals surface area contributed by atoms with E-state index in [1.165, 1.54) is 122 Å². The topological polar surface area (TPSA) is 6.48 Å². The molecule has 0 saturated carbocycles. The van der Waals surface area contributed by atoms with Crippen LogP contribution in [0.15, 0.2) is 485 Å². The molecule has 0 aliphatic heterocycles. The lowest BCUT2D eigenvalue weighted by Gasteiger charge is -2.34. The number of hydrogen-bond donors (Lipinski definition) is 0. The van der Waals surface area contributed by atoms with Crippen LogP contribution < -0.4 is 9.80 Å². The smallest absolute Gasteiger partial charge is 0.0714 e. The molecule has 0 spiro atoms. The van der Waals surface area contributed by atoms with Gasteiger partial charge in [0.2, 0.25) is 0 Å². The number of rotatable bonds is 18. The molecule has 0 bridgehead atoms. The van der Waals surface area contributed by atoms with Gasteiger partial charge < -0.3 is 9.80 Å². The molecule has 1 atom stereocenters. The van der Waals surface area contributed by atoms with E-state index in [-0.39, 0.29) is 0 Å². The Morgan fingerprint density at radius 3 is 0.780 bits per heavy atom. The normalized spacial score (nSPS) is 13.4. The molecule has 0 radical (unpaired) electrons. The Bertz CT molecular complexity index is 6790. The zero-order chi connectivity index (χ0) is 78.4. The minimum Gasteiger partial charge on any atom is -0.311 e. The Balaban J connectivity index is 0.632. The van der Waals surface area contributed by atoms with Gasteiger partial charge >= 0.3 is 0 Å². The van der Waals surface area contributed by atoms with Crippen LogP contribution in [0.5, 0.6) is 0 Å². The predicted molar refractivity (Wildman–Crippen MR) is 494 cm³/mol. The molecule has 2 aliphatic carbocycles. The van der Waals surface area contributed by atoms with Crippen molar-refractivity contribution in [2.45, 2.75) is 10.8 Å². The number of nitrogens with zero attached hydrogens (tertiary/aromatic N) is 2. The zero-order valence-electron chi connectivity index (χ0n) is 65.1. The number of fused-ring (bicyclic) bond motifs is 6. The van der Waals surface area contributed by atoms with Crippen LogP contribution in [-0.4, -0.2) is 0 Å². The first-order valence-electron chi connectivity index (χ1n) is 40.9. The Morgan fingerprint density at radius 1 is 0.127 bits per heavy atom. The summed E-state index contributed by atoms with van der Waals surface area (Å²) >= 11 is 0. The van der Waals surface area contributed by atoms with Gasteiger partial charge in [-0.2, -0.15) is 0 Å². The summed E-state index contributed by atoms with van der Waals surface area (Å²) in [5.74, 6) is 0. The van der Waals surface area contributed by atoms with Gasteiger partial charge in [0.05, 0.1) is 10.8 Å². The Hall–Kier alpha value is -15.2. The Morgan fingerprint density at radius 2 is 0.364 bits per heavy atom. The Kier molecular flexibility index (Phi) is 18.1. The maximum Gasteiger partial charge on any atom is 0.0714 e. The summed E-state index contributed by atoms with van der Waals surface area (Å²) in [6.07, 6.45) is 0.